The third-order valence-corrected chi connectivity index (χ3v) is 3.53. The maximum absolute atomic E-state index is 10.1. The molecule has 4 nitrogen and oxygen atoms in total. The van der Waals surface area contributed by atoms with Crippen molar-refractivity contribution in [1.82, 2.24) is 0 Å². The number of hydrogen-bond donors (Lipinski definition) is 2. The van der Waals surface area contributed by atoms with Gasteiger partial charge in [-0.2, -0.15) is 0 Å². The zero-order valence-electron chi connectivity index (χ0n) is 16.0. The van der Waals surface area contributed by atoms with Gasteiger partial charge < -0.3 is 23.0 Å². The summed E-state index contributed by atoms with van der Waals surface area (Å²) >= 11 is 0. The molecule has 0 bridgehead atoms. The van der Waals surface area contributed by atoms with Crippen LogP contribution in [0.1, 0.15) is 57.6 Å². The van der Waals surface area contributed by atoms with Crippen molar-refractivity contribution in [1.29, 1.82) is 0 Å². The largest absolute Gasteiger partial charge is 1.00 e. The Hall–Kier alpha value is 0.502. The fourth-order valence-corrected chi connectivity index (χ4v) is 2.28. The number of carboxylic acid groups (broad SMARTS) is 1. The predicted molar refractivity (Wildman–Crippen MR) is 95.5 cm³/mol. The average Bonchev–Trinajstić information content (AvgIpc) is 2.45. The van der Waals surface area contributed by atoms with Crippen LogP contribution in [-0.4, -0.2) is 17.7 Å². The van der Waals surface area contributed by atoms with Crippen LogP contribution in [0.5, 0.6) is 5.75 Å². The average molecular weight is 455 g/mol. The van der Waals surface area contributed by atoms with E-state index < -0.39 is 5.97 Å². The number of ether oxygens (including phenoxy) is 1. The van der Waals surface area contributed by atoms with Crippen LogP contribution in [-0.2, 0) is 17.8 Å². The van der Waals surface area contributed by atoms with Gasteiger partial charge in [-0.05, 0) is 48.3 Å². The fraction of sp³-hybridized carbons (Fsp3) is 0.579. The van der Waals surface area contributed by atoms with E-state index in [-0.39, 0.29) is 81.7 Å². The third-order valence-electron chi connectivity index (χ3n) is 3.53. The van der Waals surface area contributed by atoms with E-state index in [1.54, 1.807) is 0 Å². The van der Waals surface area contributed by atoms with Crippen LogP contribution >= 0.6 is 0 Å². The van der Waals surface area contributed by atoms with Gasteiger partial charge in [0.2, 0.25) is 0 Å². The first-order valence-corrected chi connectivity index (χ1v) is 7.98. The van der Waals surface area contributed by atoms with Gasteiger partial charge in [0.1, 0.15) is 5.75 Å². The quantitative estimate of drug-likeness (QED) is 0.670. The van der Waals surface area contributed by atoms with Gasteiger partial charge in [-0.1, -0.05) is 32.9 Å². The van der Waals surface area contributed by atoms with E-state index in [1.165, 1.54) is 5.56 Å². The molecule has 3 N–H and O–H groups in total. The molecule has 2 rings (SSSR count). The van der Waals surface area contributed by atoms with Crippen LogP contribution in [0.25, 0.3) is 0 Å². The van der Waals surface area contributed by atoms with E-state index in [1.807, 2.05) is 0 Å². The Kier molecular flexibility index (Phi) is 15.2. The second-order valence-corrected chi connectivity index (χ2v) is 6.91. The second kappa shape index (κ2) is 13.7. The molecule has 0 spiro atoms. The molecule has 0 saturated heterocycles. The van der Waals surface area contributed by atoms with Crippen LogP contribution in [0, 0.1) is 12.8 Å². The summed E-state index contributed by atoms with van der Waals surface area (Å²) in [6.45, 7) is 7.80. The number of benzene rings is 1. The van der Waals surface area contributed by atoms with E-state index in [2.05, 4.69) is 39.0 Å². The summed E-state index contributed by atoms with van der Waals surface area (Å²) in [5.74, 6) is 0.341. The van der Waals surface area contributed by atoms with Gasteiger partial charge in [0.25, 0.3) is 0 Å². The molecule has 0 aliphatic carbocycles. The number of aryl methyl sites for hydroxylation is 1. The number of fused-ring (bicyclic) bond motifs is 1. The van der Waals surface area contributed by atoms with Gasteiger partial charge >= 0.3 is 74.9 Å². The monoisotopic (exact) mass is 455 g/mol. The molecule has 0 aromatic heterocycles. The van der Waals surface area contributed by atoms with Gasteiger partial charge in [-0.15, -0.1) is 0 Å². The van der Waals surface area contributed by atoms with Crippen molar-refractivity contribution < 1.29 is 83.5 Å². The summed E-state index contributed by atoms with van der Waals surface area (Å²) in [6.07, 6.45) is 4.35. The minimum absolute atomic E-state index is 0. The van der Waals surface area contributed by atoms with Gasteiger partial charge in [0.15, 0.2) is 0 Å². The van der Waals surface area contributed by atoms with Crippen molar-refractivity contribution >= 4 is 5.97 Å². The summed E-state index contributed by atoms with van der Waals surface area (Å²) < 4.78 is 5.51. The number of nitrogens with two attached hydrogens (primary N) is 1. The summed E-state index contributed by atoms with van der Waals surface area (Å²) in [4.78, 5) is 10.1. The van der Waals surface area contributed by atoms with Crippen LogP contribution in [0.2, 0.25) is 0 Å². The Morgan fingerprint density at radius 2 is 2.00 bits per heavy atom. The van der Waals surface area contributed by atoms with Crippen LogP contribution in [0.4, 0.5) is 0 Å². The molecule has 0 radical (unpaired) electrons. The number of hydrogen-bond acceptors (Lipinski definition) is 3. The summed E-state index contributed by atoms with van der Waals surface area (Å²) in [6, 6.07) is 6.25. The normalized spacial score (nSPS) is 12.3. The Labute approximate surface area is 206 Å². The molecule has 1 heterocycles. The van der Waals surface area contributed by atoms with Gasteiger partial charge in [-0.25, -0.2) is 0 Å². The van der Waals surface area contributed by atoms with E-state index in [0.29, 0.717) is 13.0 Å². The fourth-order valence-electron chi connectivity index (χ4n) is 2.28. The number of aliphatic carboxylic acids is 1. The molecule has 0 fully saturated rings. The van der Waals surface area contributed by atoms with Crippen molar-refractivity contribution in [2.75, 3.05) is 6.61 Å². The van der Waals surface area contributed by atoms with Crippen molar-refractivity contribution in [3.05, 3.63) is 36.8 Å². The van der Waals surface area contributed by atoms with Crippen LogP contribution in [0.3, 0.4) is 0 Å². The maximum Gasteiger partial charge on any atom is 1.00 e. The third kappa shape index (κ3) is 12.0. The van der Waals surface area contributed by atoms with Crippen molar-refractivity contribution in [3.63, 3.8) is 0 Å². The van der Waals surface area contributed by atoms with Crippen molar-refractivity contribution in [2.24, 2.45) is 11.1 Å². The molecule has 0 amide bonds. The smallest absolute Gasteiger partial charge is 0.493 e. The molecule has 0 saturated carbocycles. The molecule has 132 valence electrons. The Morgan fingerprint density at radius 1 is 1.33 bits per heavy atom. The van der Waals surface area contributed by atoms with Crippen LogP contribution in [0.15, 0.2) is 18.2 Å². The van der Waals surface area contributed by atoms with E-state index in [4.69, 9.17) is 15.6 Å². The van der Waals surface area contributed by atoms with E-state index in [9.17, 15) is 4.79 Å². The topological polar surface area (TPSA) is 72.5 Å². The van der Waals surface area contributed by atoms with Crippen LogP contribution < -0.4 is 79.4 Å². The molecule has 0 unspecified atom stereocenters. The zero-order valence-corrected chi connectivity index (χ0v) is 22.3. The first-order chi connectivity index (χ1) is 10.3. The van der Waals surface area contributed by atoms with E-state index >= 15 is 0 Å². The number of rotatable bonds is 4. The first-order valence-electron chi connectivity index (χ1n) is 7.98. The van der Waals surface area contributed by atoms with Crippen molar-refractivity contribution in [2.45, 2.75) is 59.4 Å². The summed E-state index contributed by atoms with van der Waals surface area (Å²) in [5, 5.41) is 8.31. The van der Waals surface area contributed by atoms with Crippen molar-refractivity contribution in [3.8, 4) is 5.75 Å². The van der Waals surface area contributed by atoms with Gasteiger partial charge in [0.05, 0.1) is 6.61 Å². The molecular weight excluding hydrogens is 423 g/mol. The summed E-state index contributed by atoms with van der Waals surface area (Å²) in [5.41, 5.74) is 8.27. The molecule has 0 atom stereocenters. The molecule has 1 aromatic rings. The molecule has 24 heavy (non-hydrogen) atoms. The Morgan fingerprint density at radius 3 is 2.54 bits per heavy atom. The maximum atomic E-state index is 10.1. The molecular formula is C19H32CsNO3. The van der Waals surface area contributed by atoms with E-state index in [0.717, 1.165) is 43.6 Å². The Balaban J connectivity index is 0. The predicted octanol–water partition coefficient (Wildman–Crippen LogP) is 1.21. The SMILES string of the molecule is CC(C)(C)CCCC(=O)O.NCc1ccc2c(c1)OCCC2.[CH3-].[Cs+]. The molecule has 1 aliphatic rings. The number of carbonyl (C=O) groups is 1. The molecule has 5 heteroatoms. The first kappa shape index (κ1) is 26.7. The molecule has 1 aromatic carbocycles. The summed E-state index contributed by atoms with van der Waals surface area (Å²) in [7, 11) is 0. The zero-order chi connectivity index (χ0) is 16.6. The second-order valence-electron chi connectivity index (χ2n) is 6.91. The number of carboxylic acids is 1. The van der Waals surface area contributed by atoms with Gasteiger partial charge in [-0.3, -0.25) is 4.79 Å². The standard InChI is InChI=1S/C10H13NO.C8H16O2.CH3.Cs/c11-7-8-3-4-9-2-1-5-12-10(9)6-8;1-8(2,3)6-4-5-7(9)10;;/h3-4,6H,1-2,5,7,11H2;4-6H2,1-3H3,(H,9,10);1H3;/q;;-1;+1. The Bertz CT molecular complexity index is 484. The minimum Gasteiger partial charge on any atom is -0.493 e. The molecule has 1 aliphatic heterocycles. The minimum atomic E-state index is -0.691. The van der Waals surface area contributed by atoms with Gasteiger partial charge in [0, 0.05) is 13.0 Å².